The molecule has 166 valence electrons. The van der Waals surface area contributed by atoms with Crippen molar-refractivity contribution in [1.29, 1.82) is 0 Å². The molecule has 0 radical (unpaired) electrons. The number of amides is 1. The molecule has 5 nitrogen and oxygen atoms in total. The van der Waals surface area contributed by atoms with Crippen molar-refractivity contribution >= 4 is 23.6 Å². The summed E-state index contributed by atoms with van der Waals surface area (Å²) < 4.78 is 18.1. The van der Waals surface area contributed by atoms with Crippen LogP contribution in [0.1, 0.15) is 40.7 Å². The minimum Gasteiger partial charge on any atom is -0.465 e. The maximum Gasteiger partial charge on any atom is 0.337 e. The molecule has 2 aromatic rings. The molecule has 0 N–H and O–H groups in total. The number of rotatable bonds is 8. The predicted octanol–water partition coefficient (Wildman–Crippen LogP) is 4.34. The average Bonchev–Trinajstić information content (AvgIpc) is 3.23. The van der Waals surface area contributed by atoms with Gasteiger partial charge in [-0.3, -0.25) is 9.69 Å². The van der Waals surface area contributed by atoms with Gasteiger partial charge in [0.25, 0.3) is 0 Å². The van der Waals surface area contributed by atoms with Crippen LogP contribution in [0.4, 0.5) is 4.39 Å². The lowest BCUT2D eigenvalue weighted by molar-refractivity contribution is -0.132. The summed E-state index contributed by atoms with van der Waals surface area (Å²) in [4.78, 5) is 29.1. The molecule has 1 aliphatic heterocycles. The molecule has 3 rings (SSSR count). The molecule has 1 atom stereocenters. The molecule has 0 spiro atoms. The van der Waals surface area contributed by atoms with E-state index in [1.54, 1.807) is 30.0 Å². The van der Waals surface area contributed by atoms with E-state index in [2.05, 4.69) is 18.7 Å². The van der Waals surface area contributed by atoms with E-state index < -0.39 is 0 Å². The summed E-state index contributed by atoms with van der Waals surface area (Å²) in [6, 6.07) is 13.7. The van der Waals surface area contributed by atoms with Gasteiger partial charge in [0.2, 0.25) is 5.91 Å². The highest BCUT2D eigenvalue weighted by Crippen LogP contribution is 2.38. The quantitative estimate of drug-likeness (QED) is 0.567. The Morgan fingerprint density at radius 2 is 1.97 bits per heavy atom. The van der Waals surface area contributed by atoms with Crippen LogP contribution in [-0.2, 0) is 16.1 Å². The van der Waals surface area contributed by atoms with Crippen molar-refractivity contribution in [1.82, 2.24) is 9.80 Å². The lowest BCUT2D eigenvalue weighted by Gasteiger charge is -2.29. The first-order chi connectivity index (χ1) is 14.9. The van der Waals surface area contributed by atoms with Crippen molar-refractivity contribution in [3.05, 3.63) is 71.0 Å². The van der Waals surface area contributed by atoms with Gasteiger partial charge in [0.1, 0.15) is 11.2 Å². The molecule has 1 fully saturated rings. The van der Waals surface area contributed by atoms with Crippen LogP contribution in [0, 0.1) is 11.7 Å². The molecule has 7 heteroatoms. The molecular weight excluding hydrogens is 415 g/mol. The lowest BCUT2D eigenvalue weighted by Crippen LogP contribution is -2.41. The van der Waals surface area contributed by atoms with Crippen LogP contribution in [-0.4, -0.2) is 54.2 Å². The van der Waals surface area contributed by atoms with Gasteiger partial charge in [-0.05, 0) is 41.3 Å². The number of carbonyl (C=O) groups is 2. The zero-order valence-electron chi connectivity index (χ0n) is 18.2. The lowest BCUT2D eigenvalue weighted by atomic mass is 10.1. The second kappa shape index (κ2) is 10.8. The third-order valence-electron chi connectivity index (χ3n) is 5.10. The molecule has 0 bridgehead atoms. The second-order valence-corrected chi connectivity index (χ2v) is 9.31. The zero-order valence-corrected chi connectivity index (χ0v) is 19.0. The Bertz CT molecular complexity index is 904. The van der Waals surface area contributed by atoms with E-state index >= 15 is 0 Å². The maximum atomic E-state index is 13.3. The normalized spacial score (nSPS) is 16.2. The van der Waals surface area contributed by atoms with Crippen molar-refractivity contribution in [3.63, 3.8) is 0 Å². The van der Waals surface area contributed by atoms with Crippen molar-refractivity contribution in [2.45, 2.75) is 25.8 Å². The van der Waals surface area contributed by atoms with E-state index in [4.69, 9.17) is 4.74 Å². The molecule has 0 aliphatic carbocycles. The first kappa shape index (κ1) is 23.3. The molecule has 0 saturated carbocycles. The molecule has 1 aliphatic rings. The van der Waals surface area contributed by atoms with E-state index in [-0.39, 0.29) is 23.1 Å². The van der Waals surface area contributed by atoms with E-state index in [1.165, 1.54) is 19.2 Å². The fourth-order valence-corrected chi connectivity index (χ4v) is 5.06. The number of carbonyl (C=O) groups excluding carboxylic acids is 2. The smallest absolute Gasteiger partial charge is 0.337 e. The highest BCUT2D eigenvalue weighted by molar-refractivity contribution is 7.99. The van der Waals surface area contributed by atoms with Crippen molar-refractivity contribution in [3.8, 4) is 0 Å². The van der Waals surface area contributed by atoms with Gasteiger partial charge in [0.15, 0.2) is 0 Å². The van der Waals surface area contributed by atoms with E-state index in [0.717, 1.165) is 23.4 Å². The average molecular weight is 445 g/mol. The largest absolute Gasteiger partial charge is 0.465 e. The molecule has 2 aromatic carbocycles. The van der Waals surface area contributed by atoms with Crippen LogP contribution in [0.2, 0.25) is 0 Å². The third-order valence-corrected chi connectivity index (χ3v) is 6.36. The number of ether oxygens (including phenoxy) is 1. The standard InChI is InChI=1S/C24H29FN2O3S/c1-17(2)14-26(15-18-5-4-6-20(13-18)24(29)30-3)16-22(28)27-11-12-31-23(27)19-7-9-21(25)10-8-19/h4-10,13,17,23H,11-12,14-16H2,1-3H3/t23-/m1/s1. The van der Waals surface area contributed by atoms with Crippen molar-refractivity contribution < 1.29 is 18.7 Å². The van der Waals surface area contributed by atoms with Crippen LogP contribution >= 0.6 is 11.8 Å². The summed E-state index contributed by atoms with van der Waals surface area (Å²) in [6.07, 6.45) is 0. The Kier molecular flexibility index (Phi) is 8.09. The predicted molar refractivity (Wildman–Crippen MR) is 121 cm³/mol. The Labute approximate surface area is 187 Å². The summed E-state index contributed by atoms with van der Waals surface area (Å²) in [5, 5.41) is -0.0864. The maximum absolute atomic E-state index is 13.3. The number of esters is 1. The SMILES string of the molecule is COC(=O)c1cccc(CN(CC(=O)N2CCS[C@@H]2c2ccc(F)cc2)CC(C)C)c1. The van der Waals surface area contributed by atoms with Crippen LogP contribution < -0.4 is 0 Å². The molecule has 1 heterocycles. The fourth-order valence-electron chi connectivity index (χ4n) is 3.79. The summed E-state index contributed by atoms with van der Waals surface area (Å²) in [5.74, 6) is 0.659. The fraction of sp³-hybridized carbons (Fsp3) is 0.417. The highest BCUT2D eigenvalue weighted by Gasteiger charge is 2.31. The molecular formula is C24H29FN2O3S. The monoisotopic (exact) mass is 444 g/mol. The van der Waals surface area contributed by atoms with Crippen LogP contribution in [0.15, 0.2) is 48.5 Å². The van der Waals surface area contributed by atoms with Gasteiger partial charge in [-0.25, -0.2) is 9.18 Å². The first-order valence-electron chi connectivity index (χ1n) is 10.4. The Hall–Kier alpha value is -2.38. The van der Waals surface area contributed by atoms with E-state index in [1.807, 2.05) is 23.1 Å². The first-order valence-corrected chi connectivity index (χ1v) is 11.5. The third kappa shape index (κ3) is 6.31. The summed E-state index contributed by atoms with van der Waals surface area (Å²) in [6.45, 7) is 6.54. The van der Waals surface area contributed by atoms with Crippen LogP contribution in [0.25, 0.3) is 0 Å². The Balaban J connectivity index is 1.72. The van der Waals surface area contributed by atoms with Gasteiger partial charge in [-0.1, -0.05) is 38.1 Å². The van der Waals surface area contributed by atoms with Gasteiger partial charge in [-0.2, -0.15) is 0 Å². The number of halogens is 1. The van der Waals surface area contributed by atoms with Gasteiger partial charge in [-0.15, -0.1) is 11.8 Å². The number of hydrogen-bond acceptors (Lipinski definition) is 5. The van der Waals surface area contributed by atoms with Crippen molar-refractivity contribution in [2.75, 3.05) is 32.5 Å². The number of hydrogen-bond donors (Lipinski definition) is 0. The van der Waals surface area contributed by atoms with Gasteiger partial charge < -0.3 is 9.64 Å². The van der Waals surface area contributed by atoms with Crippen molar-refractivity contribution in [2.24, 2.45) is 5.92 Å². The topological polar surface area (TPSA) is 49.9 Å². The number of thioether (sulfide) groups is 1. The van der Waals surface area contributed by atoms with E-state index in [0.29, 0.717) is 31.1 Å². The molecule has 1 saturated heterocycles. The van der Waals surface area contributed by atoms with Crippen LogP contribution in [0.3, 0.4) is 0 Å². The van der Waals surface area contributed by atoms with Gasteiger partial charge in [0, 0.05) is 25.4 Å². The summed E-state index contributed by atoms with van der Waals surface area (Å²) in [5.41, 5.74) is 2.41. The molecule has 31 heavy (non-hydrogen) atoms. The number of benzene rings is 2. The molecule has 0 unspecified atom stereocenters. The Morgan fingerprint density at radius 3 is 2.65 bits per heavy atom. The highest BCUT2D eigenvalue weighted by atomic mass is 32.2. The Morgan fingerprint density at radius 1 is 1.23 bits per heavy atom. The zero-order chi connectivity index (χ0) is 22.4. The number of methoxy groups -OCH3 is 1. The second-order valence-electron chi connectivity index (χ2n) is 8.12. The molecule has 0 aromatic heterocycles. The molecule has 1 amide bonds. The van der Waals surface area contributed by atoms with Crippen LogP contribution in [0.5, 0.6) is 0 Å². The summed E-state index contributed by atoms with van der Waals surface area (Å²) in [7, 11) is 1.37. The van der Waals surface area contributed by atoms with Gasteiger partial charge >= 0.3 is 5.97 Å². The summed E-state index contributed by atoms with van der Waals surface area (Å²) >= 11 is 1.70. The minimum atomic E-state index is -0.371. The van der Waals surface area contributed by atoms with E-state index in [9.17, 15) is 14.0 Å². The van der Waals surface area contributed by atoms with Gasteiger partial charge in [0.05, 0.1) is 19.2 Å². The number of nitrogens with zero attached hydrogens (tertiary/aromatic N) is 2. The minimum absolute atomic E-state index is 0.0593.